The molecule has 0 bridgehead atoms. The van der Waals surface area contributed by atoms with Crippen molar-refractivity contribution in [3.63, 3.8) is 0 Å². The van der Waals surface area contributed by atoms with Gasteiger partial charge in [-0.15, -0.1) is 0 Å². The van der Waals surface area contributed by atoms with E-state index < -0.39 is 7.12 Å². The lowest BCUT2D eigenvalue weighted by Crippen LogP contribution is -2.30. The van der Waals surface area contributed by atoms with Crippen molar-refractivity contribution in [3.8, 4) is 0 Å². The monoisotopic (exact) mass is 269 g/mol. The highest BCUT2D eigenvalue weighted by Gasteiger charge is 2.14. The van der Waals surface area contributed by atoms with Gasteiger partial charge in [-0.1, -0.05) is 29.8 Å². The van der Waals surface area contributed by atoms with E-state index in [2.05, 4.69) is 5.32 Å². The first-order valence-electron chi connectivity index (χ1n) is 6.32. The van der Waals surface area contributed by atoms with Crippen LogP contribution >= 0.6 is 0 Å². The lowest BCUT2D eigenvalue weighted by atomic mass is 9.79. The Morgan fingerprint density at radius 1 is 1.10 bits per heavy atom. The summed E-state index contributed by atoms with van der Waals surface area (Å²) in [4.78, 5) is 12.2. The Morgan fingerprint density at radius 2 is 1.85 bits per heavy atom. The Labute approximate surface area is 118 Å². The van der Waals surface area contributed by atoms with E-state index >= 15 is 0 Å². The number of hydrogen-bond acceptors (Lipinski definition) is 3. The maximum absolute atomic E-state index is 12.2. The van der Waals surface area contributed by atoms with Crippen LogP contribution in [0.5, 0.6) is 0 Å². The molecule has 0 heterocycles. The van der Waals surface area contributed by atoms with Crippen molar-refractivity contribution in [2.24, 2.45) is 0 Å². The summed E-state index contributed by atoms with van der Waals surface area (Å²) in [6.45, 7) is 3.92. The number of amides is 1. The molecule has 0 saturated heterocycles. The summed E-state index contributed by atoms with van der Waals surface area (Å²) in [6, 6.07) is 12.0. The summed E-state index contributed by atoms with van der Waals surface area (Å²) in [7, 11) is -1.58. The van der Waals surface area contributed by atoms with Gasteiger partial charge in [0.25, 0.3) is 5.91 Å². The molecule has 20 heavy (non-hydrogen) atoms. The van der Waals surface area contributed by atoms with Crippen molar-refractivity contribution < 1.29 is 14.8 Å². The molecule has 0 spiro atoms. The molecule has 4 nitrogen and oxygen atoms in total. The third-order valence-corrected chi connectivity index (χ3v) is 3.08. The van der Waals surface area contributed by atoms with E-state index in [9.17, 15) is 4.79 Å². The summed E-state index contributed by atoms with van der Waals surface area (Å²) >= 11 is 0. The molecule has 0 aliphatic heterocycles. The van der Waals surface area contributed by atoms with Gasteiger partial charge in [0.2, 0.25) is 0 Å². The first kappa shape index (κ1) is 14.3. The lowest BCUT2D eigenvalue weighted by Gasteiger charge is -2.10. The zero-order valence-electron chi connectivity index (χ0n) is 11.4. The lowest BCUT2D eigenvalue weighted by molar-refractivity contribution is 0.102. The average Bonchev–Trinajstić information content (AvgIpc) is 2.42. The molecule has 0 aliphatic rings. The Bertz CT molecular complexity index is 641. The molecule has 2 aromatic rings. The van der Waals surface area contributed by atoms with Crippen molar-refractivity contribution in [1.29, 1.82) is 0 Å². The first-order chi connectivity index (χ1) is 9.47. The molecule has 0 unspecified atom stereocenters. The van der Waals surface area contributed by atoms with Gasteiger partial charge >= 0.3 is 7.12 Å². The molecular formula is C15H16BNO3. The fourth-order valence-corrected chi connectivity index (χ4v) is 1.99. The molecule has 2 aromatic carbocycles. The first-order valence-corrected chi connectivity index (χ1v) is 6.32. The van der Waals surface area contributed by atoms with Crippen LogP contribution in [-0.2, 0) is 0 Å². The van der Waals surface area contributed by atoms with Gasteiger partial charge in [0.15, 0.2) is 0 Å². The summed E-state index contributed by atoms with van der Waals surface area (Å²) in [6.07, 6.45) is 0. The molecule has 102 valence electrons. The predicted octanol–water partition coefficient (Wildman–Crippen LogP) is 1.24. The number of nitrogens with one attached hydrogen (secondary N) is 1. The molecule has 0 aromatic heterocycles. The summed E-state index contributed by atoms with van der Waals surface area (Å²) < 4.78 is 0. The number of benzene rings is 2. The fourth-order valence-electron chi connectivity index (χ4n) is 1.99. The fraction of sp³-hybridized carbons (Fsp3) is 0.133. The van der Waals surface area contributed by atoms with Crippen LogP contribution in [0.15, 0.2) is 42.5 Å². The van der Waals surface area contributed by atoms with Crippen LogP contribution in [0.25, 0.3) is 0 Å². The minimum absolute atomic E-state index is 0.278. The second kappa shape index (κ2) is 5.90. The molecule has 3 N–H and O–H groups in total. The third kappa shape index (κ3) is 3.26. The molecule has 5 heteroatoms. The number of rotatable bonds is 3. The van der Waals surface area contributed by atoms with E-state index in [0.717, 1.165) is 16.8 Å². The quantitative estimate of drug-likeness (QED) is 0.734. The van der Waals surface area contributed by atoms with Crippen LogP contribution in [0.1, 0.15) is 21.5 Å². The second-order valence-corrected chi connectivity index (χ2v) is 4.77. The topological polar surface area (TPSA) is 69.6 Å². The van der Waals surface area contributed by atoms with E-state index in [1.54, 1.807) is 18.2 Å². The maximum Gasteiger partial charge on any atom is 0.488 e. The molecule has 2 rings (SSSR count). The van der Waals surface area contributed by atoms with Crippen LogP contribution in [0.3, 0.4) is 0 Å². The number of aryl methyl sites for hydroxylation is 2. The van der Waals surface area contributed by atoms with E-state index in [4.69, 9.17) is 10.0 Å². The van der Waals surface area contributed by atoms with E-state index in [1.807, 2.05) is 32.0 Å². The zero-order valence-corrected chi connectivity index (χ0v) is 11.4. The van der Waals surface area contributed by atoms with Crippen molar-refractivity contribution in [2.75, 3.05) is 5.32 Å². The Balaban J connectivity index is 2.21. The zero-order chi connectivity index (χ0) is 14.7. The summed E-state index contributed by atoms with van der Waals surface area (Å²) in [5.74, 6) is -0.278. The number of carbonyl (C=O) groups is 1. The van der Waals surface area contributed by atoms with Gasteiger partial charge in [0.05, 0.1) is 0 Å². The van der Waals surface area contributed by atoms with Crippen LogP contribution in [0.2, 0.25) is 0 Å². The highest BCUT2D eigenvalue weighted by atomic mass is 16.4. The Morgan fingerprint density at radius 3 is 2.50 bits per heavy atom. The molecule has 0 fully saturated rings. The van der Waals surface area contributed by atoms with Gasteiger partial charge < -0.3 is 15.4 Å². The molecule has 0 aliphatic carbocycles. The normalized spacial score (nSPS) is 10.2. The summed E-state index contributed by atoms with van der Waals surface area (Å²) in [5, 5.41) is 21.1. The standard InChI is InChI=1S/C15H16BNO3/c1-10-6-7-14(11(2)8-10)17-15(18)12-4-3-5-13(9-12)16(19)20/h3-9,19-20H,1-2H3,(H,17,18). The third-order valence-electron chi connectivity index (χ3n) is 3.08. The number of hydrogen-bond donors (Lipinski definition) is 3. The number of anilines is 1. The molecular weight excluding hydrogens is 253 g/mol. The van der Waals surface area contributed by atoms with Gasteiger partial charge in [-0.2, -0.15) is 0 Å². The van der Waals surface area contributed by atoms with Gasteiger partial charge in [-0.3, -0.25) is 4.79 Å². The van der Waals surface area contributed by atoms with E-state index in [0.29, 0.717) is 11.0 Å². The highest BCUT2D eigenvalue weighted by Crippen LogP contribution is 2.16. The van der Waals surface area contributed by atoms with Crippen LogP contribution in [-0.4, -0.2) is 23.1 Å². The SMILES string of the molecule is Cc1ccc(NC(=O)c2cccc(B(O)O)c2)c(C)c1. The highest BCUT2D eigenvalue weighted by molar-refractivity contribution is 6.58. The van der Waals surface area contributed by atoms with Gasteiger partial charge in [0, 0.05) is 11.3 Å². The predicted molar refractivity (Wildman–Crippen MR) is 80.1 cm³/mol. The smallest absolute Gasteiger partial charge is 0.423 e. The van der Waals surface area contributed by atoms with Crippen LogP contribution < -0.4 is 10.8 Å². The Kier molecular flexibility index (Phi) is 4.22. The van der Waals surface area contributed by atoms with Gasteiger partial charge in [0.1, 0.15) is 0 Å². The van der Waals surface area contributed by atoms with Crippen molar-refractivity contribution >= 4 is 24.2 Å². The Hall–Kier alpha value is -2.11. The number of carbonyl (C=O) groups excluding carboxylic acids is 1. The summed E-state index contributed by atoms with van der Waals surface area (Å²) in [5.41, 5.74) is 3.53. The molecule has 0 saturated carbocycles. The van der Waals surface area contributed by atoms with Gasteiger partial charge in [-0.05, 0) is 43.1 Å². The van der Waals surface area contributed by atoms with Crippen LogP contribution in [0, 0.1) is 13.8 Å². The van der Waals surface area contributed by atoms with Crippen molar-refractivity contribution in [3.05, 3.63) is 59.2 Å². The van der Waals surface area contributed by atoms with Gasteiger partial charge in [-0.25, -0.2) is 0 Å². The van der Waals surface area contributed by atoms with E-state index in [-0.39, 0.29) is 5.91 Å². The second-order valence-electron chi connectivity index (χ2n) is 4.77. The maximum atomic E-state index is 12.2. The largest absolute Gasteiger partial charge is 0.488 e. The molecule has 1 amide bonds. The molecule has 0 radical (unpaired) electrons. The van der Waals surface area contributed by atoms with Crippen LogP contribution in [0.4, 0.5) is 5.69 Å². The van der Waals surface area contributed by atoms with Crippen molar-refractivity contribution in [1.82, 2.24) is 0 Å². The van der Waals surface area contributed by atoms with Crippen molar-refractivity contribution in [2.45, 2.75) is 13.8 Å². The minimum atomic E-state index is -1.58. The molecule has 0 atom stereocenters. The minimum Gasteiger partial charge on any atom is -0.423 e. The van der Waals surface area contributed by atoms with E-state index in [1.165, 1.54) is 6.07 Å². The average molecular weight is 269 g/mol.